The van der Waals surface area contributed by atoms with Gasteiger partial charge in [-0.2, -0.15) is 0 Å². The Morgan fingerprint density at radius 3 is 2.32 bits per heavy atom. The molecule has 0 amide bonds. The molecule has 1 nitrogen and oxygen atoms in total. The van der Waals surface area contributed by atoms with Gasteiger partial charge in [0.2, 0.25) is 0 Å². The minimum Gasteiger partial charge on any atom is -0.489 e. The van der Waals surface area contributed by atoms with Gasteiger partial charge in [0.15, 0.2) is 0 Å². The zero-order valence-corrected chi connectivity index (χ0v) is 13.3. The summed E-state index contributed by atoms with van der Waals surface area (Å²) in [4.78, 5) is 0. The second-order valence-corrected chi connectivity index (χ2v) is 5.85. The lowest BCUT2D eigenvalue weighted by Gasteiger charge is -2.11. The summed E-state index contributed by atoms with van der Waals surface area (Å²) in [7, 11) is 0. The molecule has 0 fully saturated rings. The molecule has 0 bridgehead atoms. The average molecular weight is 290 g/mol. The van der Waals surface area contributed by atoms with Crippen molar-refractivity contribution in [2.45, 2.75) is 32.8 Å². The summed E-state index contributed by atoms with van der Waals surface area (Å²) in [6.07, 6.45) is 1.16. The smallest absolute Gasteiger partial charge is 0.119 e. The van der Waals surface area contributed by atoms with E-state index in [0.717, 1.165) is 12.2 Å². The summed E-state index contributed by atoms with van der Waals surface area (Å²) in [5.41, 5.74) is 2.57. The molecule has 1 heteroatoms. The Morgan fingerprint density at radius 1 is 0.864 bits per heavy atom. The van der Waals surface area contributed by atoms with Gasteiger partial charge in [-0.15, -0.1) is 0 Å². The molecule has 1 atom stereocenters. The van der Waals surface area contributed by atoms with Crippen LogP contribution in [-0.2, 0) is 6.61 Å². The highest BCUT2D eigenvalue weighted by Crippen LogP contribution is 2.22. The Balaban J connectivity index is 1.68. The van der Waals surface area contributed by atoms with Crippen molar-refractivity contribution >= 4 is 10.8 Å². The standard InChI is InChI=1S/C21H22O/c1-3-16(2)18-10-12-21(13-11-18)22-15-17-8-9-19-6-4-5-7-20(19)14-17/h4-14,16H,3,15H2,1-2H3. The molecule has 0 aliphatic heterocycles. The fraction of sp³-hybridized carbons (Fsp3) is 0.238. The van der Waals surface area contributed by atoms with Crippen molar-refractivity contribution in [3.05, 3.63) is 77.9 Å². The molecule has 0 N–H and O–H groups in total. The molecule has 1 unspecified atom stereocenters. The highest BCUT2D eigenvalue weighted by molar-refractivity contribution is 5.82. The van der Waals surface area contributed by atoms with E-state index in [2.05, 4.69) is 80.6 Å². The molecule has 22 heavy (non-hydrogen) atoms. The van der Waals surface area contributed by atoms with Crippen molar-refractivity contribution in [3.8, 4) is 5.75 Å². The largest absolute Gasteiger partial charge is 0.489 e. The number of hydrogen-bond acceptors (Lipinski definition) is 1. The maximum Gasteiger partial charge on any atom is 0.119 e. The monoisotopic (exact) mass is 290 g/mol. The van der Waals surface area contributed by atoms with Crippen molar-refractivity contribution in [2.75, 3.05) is 0 Å². The van der Waals surface area contributed by atoms with Gasteiger partial charge in [0.1, 0.15) is 12.4 Å². The molecule has 3 rings (SSSR count). The fourth-order valence-electron chi connectivity index (χ4n) is 2.62. The van der Waals surface area contributed by atoms with Crippen LogP contribution in [0, 0.1) is 0 Å². The second kappa shape index (κ2) is 6.65. The first-order valence-electron chi connectivity index (χ1n) is 7.96. The molecule has 0 aliphatic carbocycles. The molecule has 0 aromatic heterocycles. The lowest BCUT2D eigenvalue weighted by Crippen LogP contribution is -1.96. The molecule has 3 aromatic carbocycles. The number of ether oxygens (including phenoxy) is 1. The van der Waals surface area contributed by atoms with E-state index in [4.69, 9.17) is 4.74 Å². The van der Waals surface area contributed by atoms with Gasteiger partial charge < -0.3 is 4.74 Å². The Kier molecular flexibility index (Phi) is 4.43. The Bertz CT molecular complexity index is 743. The number of benzene rings is 3. The van der Waals surface area contributed by atoms with E-state index in [0.29, 0.717) is 12.5 Å². The lowest BCUT2D eigenvalue weighted by atomic mass is 9.99. The first-order chi connectivity index (χ1) is 10.8. The first kappa shape index (κ1) is 14.6. The third kappa shape index (κ3) is 3.30. The maximum atomic E-state index is 5.91. The zero-order chi connectivity index (χ0) is 15.4. The number of rotatable bonds is 5. The predicted octanol–water partition coefficient (Wildman–Crippen LogP) is 5.93. The van der Waals surface area contributed by atoms with Crippen LogP contribution in [0.15, 0.2) is 66.7 Å². The molecular weight excluding hydrogens is 268 g/mol. The molecule has 0 saturated carbocycles. The van der Waals surface area contributed by atoms with Gasteiger partial charge in [-0.1, -0.05) is 62.4 Å². The third-order valence-corrected chi connectivity index (χ3v) is 4.28. The predicted molar refractivity (Wildman–Crippen MR) is 93.4 cm³/mol. The van der Waals surface area contributed by atoms with Crippen LogP contribution in [-0.4, -0.2) is 0 Å². The summed E-state index contributed by atoms with van der Waals surface area (Å²) in [6.45, 7) is 5.08. The van der Waals surface area contributed by atoms with Gasteiger partial charge in [-0.3, -0.25) is 0 Å². The normalized spacial score (nSPS) is 12.3. The summed E-state index contributed by atoms with van der Waals surface area (Å²) < 4.78 is 5.91. The highest BCUT2D eigenvalue weighted by Gasteiger charge is 2.03. The van der Waals surface area contributed by atoms with Crippen molar-refractivity contribution in [2.24, 2.45) is 0 Å². The third-order valence-electron chi connectivity index (χ3n) is 4.28. The van der Waals surface area contributed by atoms with Crippen LogP contribution in [0.2, 0.25) is 0 Å². The van der Waals surface area contributed by atoms with Gasteiger partial charge in [0.05, 0.1) is 0 Å². The maximum absolute atomic E-state index is 5.91. The van der Waals surface area contributed by atoms with Crippen LogP contribution in [0.5, 0.6) is 5.75 Å². The molecule has 0 radical (unpaired) electrons. The van der Waals surface area contributed by atoms with Crippen LogP contribution in [0.25, 0.3) is 10.8 Å². The SMILES string of the molecule is CCC(C)c1ccc(OCc2ccc3ccccc3c2)cc1. The number of fused-ring (bicyclic) bond motifs is 1. The van der Waals surface area contributed by atoms with Crippen molar-refractivity contribution in [1.29, 1.82) is 0 Å². The van der Waals surface area contributed by atoms with E-state index in [-0.39, 0.29) is 0 Å². The summed E-state index contributed by atoms with van der Waals surface area (Å²) in [6, 6.07) is 23.4. The summed E-state index contributed by atoms with van der Waals surface area (Å²) in [5.74, 6) is 1.54. The zero-order valence-electron chi connectivity index (χ0n) is 13.3. The molecule has 0 saturated heterocycles. The Labute approximate surface area is 132 Å². The number of hydrogen-bond donors (Lipinski definition) is 0. The second-order valence-electron chi connectivity index (χ2n) is 5.85. The van der Waals surface area contributed by atoms with Gasteiger partial charge in [0.25, 0.3) is 0 Å². The van der Waals surface area contributed by atoms with Crippen LogP contribution < -0.4 is 4.74 Å². The van der Waals surface area contributed by atoms with Crippen LogP contribution in [0.1, 0.15) is 37.3 Å². The fourth-order valence-corrected chi connectivity index (χ4v) is 2.62. The van der Waals surface area contributed by atoms with Crippen LogP contribution in [0.3, 0.4) is 0 Å². The molecule has 0 spiro atoms. The summed E-state index contributed by atoms with van der Waals surface area (Å²) in [5, 5.41) is 2.53. The van der Waals surface area contributed by atoms with E-state index < -0.39 is 0 Å². The van der Waals surface area contributed by atoms with Crippen molar-refractivity contribution in [1.82, 2.24) is 0 Å². The average Bonchev–Trinajstić information content (AvgIpc) is 2.59. The summed E-state index contributed by atoms with van der Waals surface area (Å²) >= 11 is 0. The van der Waals surface area contributed by atoms with Crippen molar-refractivity contribution in [3.63, 3.8) is 0 Å². The van der Waals surface area contributed by atoms with Gasteiger partial charge in [-0.25, -0.2) is 0 Å². The van der Waals surface area contributed by atoms with E-state index >= 15 is 0 Å². The van der Waals surface area contributed by atoms with E-state index in [1.54, 1.807) is 0 Å². The van der Waals surface area contributed by atoms with Gasteiger partial charge in [-0.05, 0) is 52.4 Å². The van der Waals surface area contributed by atoms with E-state index in [1.165, 1.54) is 21.9 Å². The Hall–Kier alpha value is -2.28. The minimum absolute atomic E-state index is 0.605. The van der Waals surface area contributed by atoms with E-state index in [9.17, 15) is 0 Å². The van der Waals surface area contributed by atoms with Gasteiger partial charge in [0, 0.05) is 0 Å². The molecule has 0 heterocycles. The minimum atomic E-state index is 0.605. The highest BCUT2D eigenvalue weighted by atomic mass is 16.5. The molecule has 3 aromatic rings. The molecule has 112 valence electrons. The molecular formula is C21H22O. The quantitative estimate of drug-likeness (QED) is 0.565. The van der Waals surface area contributed by atoms with Crippen LogP contribution >= 0.6 is 0 Å². The topological polar surface area (TPSA) is 9.23 Å². The van der Waals surface area contributed by atoms with E-state index in [1.807, 2.05) is 0 Å². The van der Waals surface area contributed by atoms with Crippen LogP contribution in [0.4, 0.5) is 0 Å². The van der Waals surface area contributed by atoms with Gasteiger partial charge >= 0.3 is 0 Å². The molecule has 0 aliphatic rings. The first-order valence-corrected chi connectivity index (χ1v) is 7.96. The van der Waals surface area contributed by atoms with Crippen molar-refractivity contribution < 1.29 is 4.74 Å². The Morgan fingerprint density at radius 2 is 1.59 bits per heavy atom. The lowest BCUT2D eigenvalue weighted by molar-refractivity contribution is 0.306.